The molecular formula is C14H18N4OS. The van der Waals surface area contributed by atoms with Crippen LogP contribution in [0.1, 0.15) is 0 Å². The first kappa shape index (κ1) is 13.1. The topological polar surface area (TPSA) is 54.6 Å². The van der Waals surface area contributed by atoms with Gasteiger partial charge in [-0.2, -0.15) is 4.37 Å². The molecule has 1 aromatic carbocycles. The number of piperazine rings is 1. The fraction of sp³-hybridized carbons (Fsp3) is 0.357. The molecule has 2 aromatic rings. The van der Waals surface area contributed by atoms with Crippen LogP contribution in [0.25, 0.3) is 0 Å². The zero-order valence-electron chi connectivity index (χ0n) is 11.5. The van der Waals surface area contributed by atoms with Gasteiger partial charge in [0.25, 0.3) is 0 Å². The quantitative estimate of drug-likeness (QED) is 0.937. The van der Waals surface area contributed by atoms with Gasteiger partial charge in [-0.3, -0.25) is 0 Å². The molecule has 20 heavy (non-hydrogen) atoms. The number of nitrogens with zero attached hydrogens (tertiary/aromatic N) is 3. The Bertz CT molecular complexity index is 564. The lowest BCUT2D eigenvalue weighted by molar-refractivity contribution is 0.417. The second-order valence-corrected chi connectivity index (χ2v) is 5.47. The third-order valence-corrected chi connectivity index (χ3v) is 4.45. The van der Waals surface area contributed by atoms with Gasteiger partial charge in [0.1, 0.15) is 0 Å². The lowest BCUT2D eigenvalue weighted by Crippen LogP contribution is -2.46. The van der Waals surface area contributed by atoms with Crippen LogP contribution in [0, 0.1) is 0 Å². The SMILES string of the molecule is COc1c(N)nsc1N1CCN(c2ccccc2)CC1. The van der Waals surface area contributed by atoms with Crippen LogP contribution >= 0.6 is 11.5 Å². The van der Waals surface area contributed by atoms with Crippen molar-refractivity contribution in [1.82, 2.24) is 4.37 Å². The molecule has 3 rings (SSSR count). The number of ether oxygens (including phenoxy) is 1. The smallest absolute Gasteiger partial charge is 0.197 e. The van der Waals surface area contributed by atoms with Crippen LogP contribution < -0.4 is 20.3 Å². The number of nitrogen functional groups attached to an aromatic ring is 1. The Balaban J connectivity index is 1.69. The van der Waals surface area contributed by atoms with E-state index in [1.807, 2.05) is 6.07 Å². The van der Waals surface area contributed by atoms with E-state index in [2.05, 4.69) is 38.4 Å². The fourth-order valence-electron chi connectivity index (χ4n) is 2.48. The van der Waals surface area contributed by atoms with E-state index in [4.69, 9.17) is 10.5 Å². The molecule has 1 aromatic heterocycles. The van der Waals surface area contributed by atoms with Crippen molar-refractivity contribution in [3.63, 3.8) is 0 Å². The van der Waals surface area contributed by atoms with E-state index >= 15 is 0 Å². The highest BCUT2D eigenvalue weighted by molar-refractivity contribution is 7.11. The van der Waals surface area contributed by atoms with Gasteiger partial charge < -0.3 is 20.3 Å². The zero-order valence-corrected chi connectivity index (χ0v) is 12.3. The molecule has 0 unspecified atom stereocenters. The first-order valence-electron chi connectivity index (χ1n) is 6.63. The standard InChI is InChI=1S/C14H18N4OS/c1-19-12-13(15)16-20-14(12)18-9-7-17(8-10-18)11-5-3-2-4-6-11/h2-6H,7-10H2,1H3,(H2,15,16). The van der Waals surface area contributed by atoms with Gasteiger partial charge in [0.15, 0.2) is 16.6 Å². The summed E-state index contributed by atoms with van der Waals surface area (Å²) in [6.45, 7) is 3.88. The maximum Gasteiger partial charge on any atom is 0.197 e. The number of benzene rings is 1. The molecule has 5 nitrogen and oxygen atoms in total. The minimum absolute atomic E-state index is 0.484. The number of aromatic nitrogens is 1. The van der Waals surface area contributed by atoms with E-state index in [0.29, 0.717) is 11.6 Å². The highest BCUT2D eigenvalue weighted by Crippen LogP contribution is 2.38. The molecule has 2 heterocycles. The fourth-order valence-corrected chi connectivity index (χ4v) is 3.32. The van der Waals surface area contributed by atoms with Crippen LogP contribution in [0.3, 0.4) is 0 Å². The summed E-state index contributed by atoms with van der Waals surface area (Å²) in [5.41, 5.74) is 7.09. The maximum absolute atomic E-state index is 5.81. The summed E-state index contributed by atoms with van der Waals surface area (Å²) in [4.78, 5) is 4.69. The van der Waals surface area contributed by atoms with Crippen LogP contribution in [-0.4, -0.2) is 37.7 Å². The van der Waals surface area contributed by atoms with Crippen molar-refractivity contribution in [1.29, 1.82) is 0 Å². The molecule has 106 valence electrons. The summed E-state index contributed by atoms with van der Waals surface area (Å²) in [6, 6.07) is 10.5. The molecule has 1 saturated heterocycles. The summed E-state index contributed by atoms with van der Waals surface area (Å²) in [6.07, 6.45) is 0. The number of nitrogens with two attached hydrogens (primary N) is 1. The van der Waals surface area contributed by atoms with E-state index in [-0.39, 0.29) is 0 Å². The summed E-state index contributed by atoms with van der Waals surface area (Å²) in [5.74, 6) is 1.20. The van der Waals surface area contributed by atoms with E-state index in [9.17, 15) is 0 Å². The van der Waals surface area contributed by atoms with Crippen LogP contribution in [-0.2, 0) is 0 Å². The third kappa shape index (κ3) is 2.38. The molecule has 0 saturated carbocycles. The molecule has 1 aliphatic rings. The first-order chi connectivity index (χ1) is 9.79. The molecular weight excluding hydrogens is 272 g/mol. The Morgan fingerprint density at radius 3 is 2.40 bits per heavy atom. The van der Waals surface area contributed by atoms with Gasteiger partial charge in [0, 0.05) is 31.9 Å². The highest BCUT2D eigenvalue weighted by atomic mass is 32.1. The van der Waals surface area contributed by atoms with Crippen molar-refractivity contribution in [2.24, 2.45) is 0 Å². The maximum atomic E-state index is 5.81. The molecule has 6 heteroatoms. The predicted octanol–water partition coefficient (Wildman–Crippen LogP) is 2.06. The lowest BCUT2D eigenvalue weighted by atomic mass is 10.2. The van der Waals surface area contributed by atoms with Crippen LogP contribution in [0.5, 0.6) is 5.75 Å². The van der Waals surface area contributed by atoms with Crippen molar-refractivity contribution in [2.45, 2.75) is 0 Å². The number of hydrogen-bond acceptors (Lipinski definition) is 6. The van der Waals surface area contributed by atoms with E-state index in [0.717, 1.165) is 31.2 Å². The molecule has 0 atom stereocenters. The van der Waals surface area contributed by atoms with Gasteiger partial charge in [0.2, 0.25) is 0 Å². The molecule has 0 aliphatic carbocycles. The van der Waals surface area contributed by atoms with Gasteiger partial charge in [-0.05, 0) is 23.7 Å². The van der Waals surface area contributed by atoms with Crippen molar-refractivity contribution in [2.75, 3.05) is 48.8 Å². The third-order valence-electron chi connectivity index (χ3n) is 3.55. The monoisotopic (exact) mass is 290 g/mol. The van der Waals surface area contributed by atoms with Gasteiger partial charge in [-0.15, -0.1) is 0 Å². The van der Waals surface area contributed by atoms with Crippen LogP contribution in [0.4, 0.5) is 16.5 Å². The van der Waals surface area contributed by atoms with E-state index in [1.165, 1.54) is 17.2 Å². The number of hydrogen-bond donors (Lipinski definition) is 1. The molecule has 2 N–H and O–H groups in total. The number of methoxy groups -OCH3 is 1. The molecule has 0 amide bonds. The molecule has 0 bridgehead atoms. The zero-order chi connectivity index (χ0) is 13.9. The predicted molar refractivity (Wildman–Crippen MR) is 83.9 cm³/mol. The summed E-state index contributed by atoms with van der Waals surface area (Å²) >= 11 is 1.41. The normalized spacial score (nSPS) is 15.4. The van der Waals surface area contributed by atoms with E-state index < -0.39 is 0 Å². The summed E-state index contributed by atoms with van der Waals surface area (Å²) < 4.78 is 9.53. The number of para-hydroxylation sites is 1. The lowest BCUT2D eigenvalue weighted by Gasteiger charge is -2.36. The van der Waals surface area contributed by atoms with E-state index in [1.54, 1.807) is 7.11 Å². The molecule has 0 radical (unpaired) electrons. The first-order valence-corrected chi connectivity index (χ1v) is 7.41. The van der Waals surface area contributed by atoms with Crippen molar-refractivity contribution in [3.05, 3.63) is 30.3 Å². The minimum atomic E-state index is 0.484. The second kappa shape index (κ2) is 5.58. The van der Waals surface area contributed by atoms with Gasteiger partial charge in [0.05, 0.1) is 7.11 Å². The van der Waals surface area contributed by atoms with Crippen molar-refractivity contribution >= 4 is 28.0 Å². The van der Waals surface area contributed by atoms with Crippen LogP contribution in [0.2, 0.25) is 0 Å². The van der Waals surface area contributed by atoms with Gasteiger partial charge >= 0.3 is 0 Å². The van der Waals surface area contributed by atoms with Gasteiger partial charge in [-0.25, -0.2) is 0 Å². The average Bonchev–Trinajstić information content (AvgIpc) is 2.89. The number of rotatable bonds is 3. The molecule has 1 fully saturated rings. The van der Waals surface area contributed by atoms with Crippen LogP contribution in [0.15, 0.2) is 30.3 Å². The Labute approximate surface area is 122 Å². The second-order valence-electron chi connectivity index (χ2n) is 4.72. The highest BCUT2D eigenvalue weighted by Gasteiger charge is 2.23. The number of anilines is 3. The average molecular weight is 290 g/mol. The van der Waals surface area contributed by atoms with Crippen molar-refractivity contribution in [3.8, 4) is 5.75 Å². The Hall–Kier alpha value is -1.95. The Kier molecular flexibility index (Phi) is 3.64. The largest absolute Gasteiger partial charge is 0.490 e. The summed E-state index contributed by atoms with van der Waals surface area (Å²) in [5, 5.41) is 1.04. The summed E-state index contributed by atoms with van der Waals surface area (Å²) in [7, 11) is 1.64. The molecule has 0 spiro atoms. The van der Waals surface area contributed by atoms with Crippen molar-refractivity contribution < 1.29 is 4.74 Å². The Morgan fingerprint density at radius 2 is 1.75 bits per heavy atom. The minimum Gasteiger partial charge on any atom is -0.490 e. The van der Waals surface area contributed by atoms with Gasteiger partial charge in [-0.1, -0.05) is 18.2 Å². The molecule has 1 aliphatic heterocycles. The Morgan fingerprint density at radius 1 is 1.10 bits per heavy atom.